The summed E-state index contributed by atoms with van der Waals surface area (Å²) in [5.74, 6) is -0.295. The largest absolute Gasteiger partial charge is 0.380 e. The van der Waals surface area contributed by atoms with Gasteiger partial charge in [0.15, 0.2) is 0 Å². The van der Waals surface area contributed by atoms with E-state index in [1.54, 1.807) is 38.4 Å². The predicted molar refractivity (Wildman–Crippen MR) is 118 cm³/mol. The predicted octanol–water partition coefficient (Wildman–Crippen LogP) is 3.30. The third-order valence-corrected chi connectivity index (χ3v) is 5.88. The highest BCUT2D eigenvalue weighted by Gasteiger charge is 2.32. The van der Waals surface area contributed by atoms with Gasteiger partial charge in [0, 0.05) is 32.9 Å². The van der Waals surface area contributed by atoms with E-state index in [1.165, 1.54) is 16.7 Å². The van der Waals surface area contributed by atoms with Gasteiger partial charge >= 0.3 is 0 Å². The van der Waals surface area contributed by atoms with Crippen LogP contribution in [-0.2, 0) is 11.8 Å². The van der Waals surface area contributed by atoms with Gasteiger partial charge in [-0.2, -0.15) is 5.26 Å². The molecule has 1 aliphatic heterocycles. The van der Waals surface area contributed by atoms with Gasteiger partial charge in [0.05, 0.1) is 23.3 Å². The second kappa shape index (κ2) is 8.53. The maximum absolute atomic E-state index is 13.2. The van der Waals surface area contributed by atoms with Crippen LogP contribution in [0, 0.1) is 17.1 Å². The number of piperidine rings is 1. The number of methoxy groups -OCH3 is 1. The van der Waals surface area contributed by atoms with Crippen molar-refractivity contribution in [1.82, 2.24) is 9.55 Å². The monoisotopic (exact) mass is 441 g/mol. The number of hydrogen-bond donors (Lipinski definition) is 1. The number of pyridine rings is 2. The molecule has 4 rings (SSSR count). The summed E-state index contributed by atoms with van der Waals surface area (Å²) in [5, 5.41) is 13.4. The van der Waals surface area contributed by atoms with Crippen molar-refractivity contribution in [1.29, 1.82) is 5.26 Å². The molecule has 1 N–H and O–H groups in total. The molecule has 1 saturated heterocycles. The fourth-order valence-electron chi connectivity index (χ4n) is 4.06. The van der Waals surface area contributed by atoms with Crippen LogP contribution in [0.3, 0.4) is 0 Å². The summed E-state index contributed by atoms with van der Waals surface area (Å²) < 4.78 is 20.3. The maximum atomic E-state index is 13.2. The molecule has 3 aromatic rings. The van der Waals surface area contributed by atoms with E-state index in [2.05, 4.69) is 16.4 Å². The Hall–Kier alpha value is -3.15. The summed E-state index contributed by atoms with van der Waals surface area (Å²) in [7, 11) is 3.23. The number of nitriles is 1. The third-order valence-electron chi connectivity index (χ3n) is 5.67. The second-order valence-corrected chi connectivity index (χ2v) is 7.86. The molecule has 2 atom stereocenters. The van der Waals surface area contributed by atoms with E-state index in [1.807, 2.05) is 4.90 Å². The minimum atomic E-state index is -0.380. The highest BCUT2D eigenvalue weighted by molar-refractivity contribution is 6.29. The van der Waals surface area contributed by atoms with Crippen molar-refractivity contribution in [3.63, 3.8) is 0 Å². The minimum absolute atomic E-state index is 0.0217. The Morgan fingerprint density at radius 3 is 2.71 bits per heavy atom. The van der Waals surface area contributed by atoms with Crippen molar-refractivity contribution in [2.24, 2.45) is 7.05 Å². The van der Waals surface area contributed by atoms with Gasteiger partial charge in [-0.05, 0) is 42.8 Å². The molecule has 9 heteroatoms. The second-order valence-electron chi connectivity index (χ2n) is 7.47. The van der Waals surface area contributed by atoms with Gasteiger partial charge < -0.3 is 19.5 Å². The molecule has 0 unspecified atom stereocenters. The lowest BCUT2D eigenvalue weighted by Gasteiger charge is -2.40. The normalized spacial score (nSPS) is 18.7. The van der Waals surface area contributed by atoms with Crippen molar-refractivity contribution < 1.29 is 9.13 Å². The van der Waals surface area contributed by atoms with Crippen molar-refractivity contribution in [2.75, 3.05) is 30.4 Å². The molecule has 0 radical (unpaired) electrons. The lowest BCUT2D eigenvalue weighted by molar-refractivity contribution is 0.0791. The average molecular weight is 442 g/mol. The topological polar surface area (TPSA) is 83.2 Å². The first kappa shape index (κ1) is 21.1. The first-order valence-corrected chi connectivity index (χ1v) is 10.2. The first-order valence-electron chi connectivity index (χ1n) is 9.82. The number of nitrogens with one attached hydrogen (secondary N) is 1. The highest BCUT2D eigenvalue weighted by atomic mass is 35.5. The van der Waals surface area contributed by atoms with E-state index in [4.69, 9.17) is 16.3 Å². The van der Waals surface area contributed by atoms with Gasteiger partial charge in [-0.25, -0.2) is 9.37 Å². The quantitative estimate of drug-likeness (QED) is 0.625. The number of aromatic nitrogens is 2. The van der Waals surface area contributed by atoms with Gasteiger partial charge in [0.1, 0.15) is 28.1 Å². The Bertz CT molecular complexity index is 1220. The molecule has 1 fully saturated rings. The molecule has 0 aliphatic carbocycles. The Morgan fingerprint density at radius 1 is 1.29 bits per heavy atom. The molecule has 0 saturated carbocycles. The molecule has 0 bridgehead atoms. The van der Waals surface area contributed by atoms with Crippen molar-refractivity contribution >= 4 is 34.0 Å². The summed E-state index contributed by atoms with van der Waals surface area (Å²) in [6.45, 7) is 1.02. The number of benzene rings is 1. The molecular formula is C22H21ClFN5O2. The molecule has 160 valence electrons. The van der Waals surface area contributed by atoms with Crippen molar-refractivity contribution in [3.8, 4) is 6.07 Å². The Balaban J connectivity index is 1.70. The summed E-state index contributed by atoms with van der Waals surface area (Å²) in [4.78, 5) is 19.2. The molecule has 0 spiro atoms. The van der Waals surface area contributed by atoms with Crippen LogP contribution < -0.4 is 15.8 Å². The number of rotatable bonds is 4. The molecule has 1 aliphatic rings. The smallest absolute Gasteiger partial charge is 0.270 e. The highest BCUT2D eigenvalue weighted by Crippen LogP contribution is 2.31. The van der Waals surface area contributed by atoms with Crippen LogP contribution in [0.5, 0.6) is 0 Å². The lowest BCUT2D eigenvalue weighted by atomic mass is 9.99. The number of hydrogen-bond acceptors (Lipinski definition) is 6. The van der Waals surface area contributed by atoms with Gasteiger partial charge in [0.25, 0.3) is 5.56 Å². The van der Waals surface area contributed by atoms with E-state index in [-0.39, 0.29) is 34.2 Å². The first-order chi connectivity index (χ1) is 14.9. The van der Waals surface area contributed by atoms with E-state index < -0.39 is 0 Å². The zero-order chi connectivity index (χ0) is 22.1. The van der Waals surface area contributed by atoms with Crippen LogP contribution in [0.25, 0.3) is 11.0 Å². The van der Waals surface area contributed by atoms with Gasteiger partial charge in [-0.3, -0.25) is 4.79 Å². The van der Waals surface area contributed by atoms with E-state index in [9.17, 15) is 14.4 Å². The van der Waals surface area contributed by atoms with Crippen molar-refractivity contribution in [2.45, 2.75) is 18.6 Å². The van der Waals surface area contributed by atoms with E-state index >= 15 is 0 Å². The number of nitrogens with zero attached hydrogens (tertiary/aromatic N) is 4. The average Bonchev–Trinajstić information content (AvgIpc) is 2.77. The standard InChI is InChI=1S/C22H21ClFN5O2/c1-28-17-7-8-19(23)27-20(17)21(15(11-25)22(28)30)29-10-9-16(18(12-29)31-2)26-14-5-3-13(24)4-6-14/h3-8,16,18,26H,9-10,12H2,1-2H3/t16-,18+/m1/s1. The van der Waals surface area contributed by atoms with Crippen LogP contribution in [0.1, 0.15) is 12.0 Å². The Labute approximate surface area is 183 Å². The molecule has 0 amide bonds. The van der Waals surface area contributed by atoms with E-state index in [0.29, 0.717) is 36.2 Å². The summed E-state index contributed by atoms with van der Waals surface area (Å²) in [6, 6.07) is 11.6. The molecule has 3 heterocycles. The number of fused-ring (bicyclic) bond motifs is 1. The third kappa shape index (κ3) is 3.94. The molecule has 31 heavy (non-hydrogen) atoms. The summed E-state index contributed by atoms with van der Waals surface area (Å²) in [5.41, 5.74) is 2.03. The summed E-state index contributed by atoms with van der Waals surface area (Å²) in [6.07, 6.45) is 0.446. The van der Waals surface area contributed by atoms with Crippen LogP contribution >= 0.6 is 11.6 Å². The molecule has 1 aromatic carbocycles. The van der Waals surface area contributed by atoms with Crippen LogP contribution in [0.2, 0.25) is 5.15 Å². The molecule has 2 aromatic heterocycles. The number of ether oxygens (including phenoxy) is 1. The van der Waals surface area contributed by atoms with Gasteiger partial charge in [0.2, 0.25) is 0 Å². The lowest BCUT2D eigenvalue weighted by Crippen LogP contribution is -2.51. The number of halogens is 2. The van der Waals surface area contributed by atoms with Crippen molar-refractivity contribution in [3.05, 3.63) is 63.3 Å². The van der Waals surface area contributed by atoms with Crippen LogP contribution in [0.4, 0.5) is 15.8 Å². The van der Waals surface area contributed by atoms with Gasteiger partial charge in [-0.1, -0.05) is 11.6 Å². The number of anilines is 2. The SMILES string of the molecule is CO[C@H]1CN(c2c(C#N)c(=O)n(C)c3ccc(Cl)nc23)CC[C@H]1Nc1ccc(F)cc1. The van der Waals surface area contributed by atoms with Crippen LogP contribution in [-0.4, -0.2) is 41.9 Å². The molecule has 7 nitrogen and oxygen atoms in total. The fourth-order valence-corrected chi connectivity index (χ4v) is 4.21. The van der Waals surface area contributed by atoms with Crippen LogP contribution in [0.15, 0.2) is 41.2 Å². The summed E-state index contributed by atoms with van der Waals surface area (Å²) >= 11 is 6.14. The Kier molecular flexibility index (Phi) is 5.81. The zero-order valence-electron chi connectivity index (χ0n) is 17.1. The minimum Gasteiger partial charge on any atom is -0.380 e. The zero-order valence-corrected chi connectivity index (χ0v) is 17.9. The maximum Gasteiger partial charge on any atom is 0.270 e. The van der Waals surface area contributed by atoms with E-state index in [0.717, 1.165) is 5.69 Å². The Morgan fingerprint density at radius 2 is 2.03 bits per heavy atom. The number of aryl methyl sites for hydroxylation is 1. The van der Waals surface area contributed by atoms with Gasteiger partial charge in [-0.15, -0.1) is 0 Å². The fraction of sp³-hybridized carbons (Fsp3) is 0.318. The molecular weight excluding hydrogens is 421 g/mol.